The van der Waals surface area contributed by atoms with Gasteiger partial charge in [-0.1, -0.05) is 12.1 Å². The van der Waals surface area contributed by atoms with Crippen molar-refractivity contribution in [3.63, 3.8) is 0 Å². The van der Waals surface area contributed by atoms with Gasteiger partial charge in [0.25, 0.3) is 11.6 Å². The van der Waals surface area contributed by atoms with E-state index in [1.54, 1.807) is 31.2 Å². The van der Waals surface area contributed by atoms with Crippen molar-refractivity contribution >= 4 is 28.4 Å². The first-order chi connectivity index (χ1) is 16.8. The number of nitrogens with one attached hydrogen (secondary N) is 1. The summed E-state index contributed by atoms with van der Waals surface area (Å²) < 4.78 is 11.7. The number of hydrogen-bond donors (Lipinski definition) is 1. The quantitative estimate of drug-likeness (QED) is 0.224. The molecule has 0 fully saturated rings. The smallest absolute Gasteiger partial charge is 0.291 e. The number of aromatic nitrogens is 1. The van der Waals surface area contributed by atoms with Crippen LogP contribution >= 0.6 is 0 Å². The molecule has 0 radical (unpaired) electrons. The molecule has 1 amide bonds. The lowest BCUT2D eigenvalue weighted by Crippen LogP contribution is -2.12. The lowest BCUT2D eigenvalue weighted by Gasteiger charge is -2.10. The molecule has 0 saturated heterocycles. The molecule has 2 aromatic heterocycles. The Hall–Kier alpha value is -4.72. The maximum absolute atomic E-state index is 12.9. The van der Waals surface area contributed by atoms with Crippen molar-refractivity contribution in [3.05, 3.63) is 99.3 Å². The Balaban J connectivity index is 1.40. The number of anilines is 1. The first-order valence-corrected chi connectivity index (χ1v) is 10.9. The molecule has 8 heteroatoms. The number of carbonyl (C=O) groups excluding carboxylic acids is 1. The van der Waals surface area contributed by atoms with E-state index in [9.17, 15) is 14.9 Å². The number of non-ortho nitro benzene ring substituents is 1. The summed E-state index contributed by atoms with van der Waals surface area (Å²) in [6.45, 7) is 5.64. The second kappa shape index (κ2) is 8.57. The summed E-state index contributed by atoms with van der Waals surface area (Å²) in [6, 6.07) is 19.1. The zero-order chi connectivity index (χ0) is 24.7. The van der Waals surface area contributed by atoms with Gasteiger partial charge in [-0.25, -0.2) is 4.98 Å². The largest absolute Gasteiger partial charge is 0.451 e. The third-order valence-corrected chi connectivity index (χ3v) is 5.87. The number of nitro benzene ring substituents is 1. The van der Waals surface area contributed by atoms with Gasteiger partial charge in [0, 0.05) is 28.9 Å². The number of carbonyl (C=O) groups is 1. The SMILES string of the molecule is Cc1ccc2oc(-c3cccc(NC(=O)c4ccc(-c5ccc([N+](=O)[O-])cc5C)o4)c3C)nc2c1. The molecular weight excluding hydrogens is 446 g/mol. The lowest BCUT2D eigenvalue weighted by atomic mass is 10.1. The highest BCUT2D eigenvalue weighted by atomic mass is 16.6. The van der Waals surface area contributed by atoms with Crippen molar-refractivity contribution in [2.75, 3.05) is 5.32 Å². The van der Waals surface area contributed by atoms with E-state index < -0.39 is 10.8 Å². The molecule has 3 aromatic carbocycles. The topological polar surface area (TPSA) is 111 Å². The average Bonchev–Trinajstić information content (AvgIpc) is 3.47. The monoisotopic (exact) mass is 467 g/mol. The van der Waals surface area contributed by atoms with Crippen LogP contribution in [0.2, 0.25) is 0 Å². The standard InChI is InChI=1S/C27H21N3O5/c1-15-7-10-24-22(13-15)29-27(35-24)20-5-4-6-21(17(20)3)28-26(31)25-12-11-23(34-25)19-9-8-18(30(32)33)14-16(19)2/h4-14H,1-3H3,(H,28,31). The second-order valence-electron chi connectivity index (χ2n) is 8.34. The fraction of sp³-hybridized carbons (Fsp3) is 0.111. The van der Waals surface area contributed by atoms with E-state index in [1.165, 1.54) is 12.1 Å². The van der Waals surface area contributed by atoms with Crippen LogP contribution in [-0.2, 0) is 0 Å². The highest BCUT2D eigenvalue weighted by Crippen LogP contribution is 2.32. The summed E-state index contributed by atoms with van der Waals surface area (Å²) in [4.78, 5) is 28.1. The maximum atomic E-state index is 12.9. The highest BCUT2D eigenvalue weighted by molar-refractivity contribution is 6.03. The van der Waals surface area contributed by atoms with E-state index in [0.717, 1.165) is 22.2 Å². The van der Waals surface area contributed by atoms with Crippen molar-refractivity contribution in [3.8, 4) is 22.8 Å². The number of rotatable bonds is 5. The molecular formula is C27H21N3O5. The molecule has 8 nitrogen and oxygen atoms in total. The number of oxazole rings is 1. The molecule has 2 heterocycles. The van der Waals surface area contributed by atoms with Gasteiger partial charge in [0.1, 0.15) is 11.3 Å². The van der Waals surface area contributed by atoms with Crippen LogP contribution in [-0.4, -0.2) is 15.8 Å². The fourth-order valence-electron chi connectivity index (χ4n) is 3.98. The summed E-state index contributed by atoms with van der Waals surface area (Å²) in [7, 11) is 0. The second-order valence-corrected chi connectivity index (χ2v) is 8.34. The molecule has 0 unspecified atom stereocenters. The highest BCUT2D eigenvalue weighted by Gasteiger charge is 2.18. The Morgan fingerprint density at radius 1 is 0.943 bits per heavy atom. The summed E-state index contributed by atoms with van der Waals surface area (Å²) in [5.41, 5.74) is 6.12. The summed E-state index contributed by atoms with van der Waals surface area (Å²) in [5.74, 6) is 0.645. The third-order valence-electron chi connectivity index (χ3n) is 5.87. The van der Waals surface area contributed by atoms with E-state index >= 15 is 0 Å². The molecule has 0 atom stereocenters. The van der Waals surface area contributed by atoms with Crippen LogP contribution in [0, 0.1) is 30.9 Å². The van der Waals surface area contributed by atoms with Crippen LogP contribution in [0.25, 0.3) is 33.9 Å². The molecule has 0 saturated carbocycles. The van der Waals surface area contributed by atoms with E-state index in [2.05, 4.69) is 10.3 Å². The van der Waals surface area contributed by atoms with Crippen LogP contribution < -0.4 is 5.32 Å². The Bertz CT molecular complexity index is 1610. The average molecular weight is 467 g/mol. The summed E-state index contributed by atoms with van der Waals surface area (Å²) in [6.07, 6.45) is 0. The number of nitrogens with zero attached hydrogens (tertiary/aromatic N) is 2. The van der Waals surface area contributed by atoms with Crippen molar-refractivity contribution in [1.82, 2.24) is 4.98 Å². The van der Waals surface area contributed by atoms with Gasteiger partial charge < -0.3 is 14.2 Å². The first kappa shape index (κ1) is 22.1. The number of fused-ring (bicyclic) bond motifs is 1. The Kier molecular flexibility index (Phi) is 5.41. The molecule has 5 aromatic rings. The number of benzene rings is 3. The number of aryl methyl sites for hydroxylation is 2. The third kappa shape index (κ3) is 4.17. The van der Waals surface area contributed by atoms with Gasteiger partial charge in [0.2, 0.25) is 5.89 Å². The zero-order valence-electron chi connectivity index (χ0n) is 19.3. The van der Waals surface area contributed by atoms with Crippen LogP contribution in [0.5, 0.6) is 0 Å². The normalized spacial score (nSPS) is 11.1. The minimum Gasteiger partial charge on any atom is -0.451 e. The predicted octanol–water partition coefficient (Wildman–Crippen LogP) is 6.84. The van der Waals surface area contributed by atoms with E-state index in [0.29, 0.717) is 34.0 Å². The minimum atomic E-state index is -0.448. The first-order valence-electron chi connectivity index (χ1n) is 10.9. The van der Waals surface area contributed by atoms with Gasteiger partial charge in [-0.2, -0.15) is 0 Å². The maximum Gasteiger partial charge on any atom is 0.291 e. The van der Waals surface area contributed by atoms with Gasteiger partial charge in [0.15, 0.2) is 11.3 Å². The molecule has 5 rings (SSSR count). The number of hydrogen-bond acceptors (Lipinski definition) is 6. The lowest BCUT2D eigenvalue weighted by molar-refractivity contribution is -0.384. The Labute approximate surface area is 200 Å². The Morgan fingerprint density at radius 2 is 1.77 bits per heavy atom. The molecule has 1 N–H and O–H groups in total. The van der Waals surface area contributed by atoms with Gasteiger partial charge >= 0.3 is 0 Å². The summed E-state index contributed by atoms with van der Waals surface area (Å²) in [5, 5.41) is 13.9. The number of amides is 1. The number of nitro groups is 1. The molecule has 0 aliphatic carbocycles. The van der Waals surface area contributed by atoms with Gasteiger partial charge in [-0.05, 0) is 79.9 Å². The molecule has 35 heavy (non-hydrogen) atoms. The van der Waals surface area contributed by atoms with Gasteiger partial charge in [-0.15, -0.1) is 0 Å². The molecule has 0 bridgehead atoms. The van der Waals surface area contributed by atoms with Crippen LogP contribution in [0.4, 0.5) is 11.4 Å². The van der Waals surface area contributed by atoms with Crippen molar-refractivity contribution < 1.29 is 18.6 Å². The number of furan rings is 1. The molecule has 0 spiro atoms. The van der Waals surface area contributed by atoms with Crippen LogP contribution in [0.1, 0.15) is 27.2 Å². The van der Waals surface area contributed by atoms with Crippen LogP contribution in [0.15, 0.2) is 75.6 Å². The van der Waals surface area contributed by atoms with E-state index in [-0.39, 0.29) is 11.4 Å². The van der Waals surface area contributed by atoms with Crippen LogP contribution in [0.3, 0.4) is 0 Å². The fourth-order valence-corrected chi connectivity index (χ4v) is 3.98. The van der Waals surface area contributed by atoms with Crippen molar-refractivity contribution in [1.29, 1.82) is 0 Å². The zero-order valence-corrected chi connectivity index (χ0v) is 19.3. The van der Waals surface area contributed by atoms with Crippen molar-refractivity contribution in [2.45, 2.75) is 20.8 Å². The van der Waals surface area contributed by atoms with Gasteiger partial charge in [-0.3, -0.25) is 14.9 Å². The predicted molar refractivity (Wildman–Crippen MR) is 132 cm³/mol. The van der Waals surface area contributed by atoms with E-state index in [4.69, 9.17) is 8.83 Å². The van der Waals surface area contributed by atoms with E-state index in [1.807, 2.05) is 44.2 Å². The van der Waals surface area contributed by atoms with Crippen molar-refractivity contribution in [2.24, 2.45) is 0 Å². The Morgan fingerprint density at radius 3 is 2.54 bits per heavy atom. The van der Waals surface area contributed by atoms with Gasteiger partial charge in [0.05, 0.1) is 4.92 Å². The molecule has 174 valence electrons. The summed E-state index contributed by atoms with van der Waals surface area (Å²) >= 11 is 0. The molecule has 0 aliphatic rings. The minimum absolute atomic E-state index is 0.000192. The molecule has 0 aliphatic heterocycles.